The number of likely N-dealkylation sites (N-methyl/N-ethyl adjacent to an activating group) is 1. The number of carbonyl (C=O) groups is 2. The van der Waals surface area contributed by atoms with Crippen LogP contribution < -0.4 is 0 Å². The maximum absolute atomic E-state index is 11.8. The van der Waals surface area contributed by atoms with Crippen LogP contribution in [0.2, 0.25) is 0 Å². The van der Waals surface area contributed by atoms with Gasteiger partial charge in [-0.1, -0.05) is 0 Å². The molecule has 0 aliphatic rings. The summed E-state index contributed by atoms with van der Waals surface area (Å²) in [6.07, 6.45) is -1.08. The zero-order valence-corrected chi connectivity index (χ0v) is 11.3. The Morgan fingerprint density at radius 2 is 1.53 bits per heavy atom. The molecule has 0 aliphatic heterocycles. The zero-order chi connectivity index (χ0) is 16.4. The molecule has 1 amide bonds. The van der Waals surface area contributed by atoms with Gasteiger partial charge < -0.3 is 14.4 Å². The Labute approximate surface area is 107 Å². The van der Waals surface area contributed by atoms with Crippen molar-refractivity contribution in [3.8, 4) is 0 Å². The first-order valence-corrected chi connectivity index (χ1v) is 5.34. The van der Waals surface area contributed by atoms with E-state index < -0.39 is 36.8 Å². The Hall–Kier alpha value is -1.26. The van der Waals surface area contributed by atoms with E-state index in [-0.39, 0.29) is 0 Å². The smallest absolute Gasteiger partial charge is 0.410 e. The lowest BCUT2D eigenvalue weighted by molar-refractivity contribution is -0.155. The number of hydrogen-bond acceptors (Lipinski definition) is 4. The largest absolute Gasteiger partial charge is 0.459 e. The highest BCUT2D eigenvalue weighted by Crippen LogP contribution is 2.10. The van der Waals surface area contributed by atoms with E-state index in [1.54, 1.807) is 41.5 Å². The predicted molar refractivity (Wildman–Crippen MR) is 64.7 cm³/mol. The van der Waals surface area contributed by atoms with Gasteiger partial charge in [-0.2, -0.15) is 0 Å². The van der Waals surface area contributed by atoms with E-state index in [0.717, 1.165) is 0 Å². The van der Waals surface area contributed by atoms with Gasteiger partial charge in [0.2, 0.25) is 0 Å². The fourth-order valence-corrected chi connectivity index (χ4v) is 0.884. The highest BCUT2D eigenvalue weighted by Gasteiger charge is 2.23. The summed E-state index contributed by atoms with van der Waals surface area (Å²) < 4.78 is 31.9. The maximum atomic E-state index is 11.8. The van der Waals surface area contributed by atoms with Gasteiger partial charge in [-0.25, -0.2) is 4.79 Å². The summed E-state index contributed by atoms with van der Waals surface area (Å²) in [5, 5.41) is 0. The van der Waals surface area contributed by atoms with Crippen LogP contribution in [0.25, 0.3) is 0 Å². The normalized spacial score (nSPS) is 15.3. The van der Waals surface area contributed by atoms with Gasteiger partial charge in [0.1, 0.15) is 17.7 Å². The number of hydrogen-bond donors (Lipinski definition) is 0. The summed E-state index contributed by atoms with van der Waals surface area (Å²) in [6.45, 7) is 6.30. The van der Waals surface area contributed by atoms with E-state index in [0.29, 0.717) is 4.90 Å². The first-order valence-electron chi connectivity index (χ1n) is 6.84. The molecule has 17 heavy (non-hydrogen) atoms. The van der Waals surface area contributed by atoms with Crippen LogP contribution in [0.15, 0.2) is 0 Å². The van der Waals surface area contributed by atoms with E-state index in [2.05, 4.69) is 0 Å². The van der Waals surface area contributed by atoms with Crippen molar-refractivity contribution in [1.29, 1.82) is 0 Å². The molecule has 0 saturated heterocycles. The molecule has 0 radical (unpaired) electrons. The summed E-state index contributed by atoms with van der Waals surface area (Å²) in [5.41, 5.74) is -1.61. The van der Waals surface area contributed by atoms with Crippen LogP contribution in [0.1, 0.15) is 45.7 Å². The summed E-state index contributed by atoms with van der Waals surface area (Å²) in [6, 6.07) is 0. The monoisotopic (exact) mass is 248 g/mol. The minimum atomic E-state index is -2.78. The van der Waals surface area contributed by atoms with Crippen LogP contribution in [0, 0.1) is 0 Å². The summed E-state index contributed by atoms with van der Waals surface area (Å²) in [4.78, 5) is 23.9. The van der Waals surface area contributed by atoms with E-state index in [1.807, 2.05) is 0 Å². The van der Waals surface area contributed by atoms with Crippen molar-refractivity contribution >= 4 is 12.1 Å². The Morgan fingerprint density at radius 1 is 1.06 bits per heavy atom. The van der Waals surface area contributed by atoms with Gasteiger partial charge in [0.25, 0.3) is 0 Å². The molecule has 0 aliphatic carbocycles. The fraction of sp³-hybridized carbons (Fsp3) is 0.833. The van der Waals surface area contributed by atoms with Gasteiger partial charge in [0.05, 0.1) is 0 Å². The Kier molecular flexibility index (Phi) is 3.44. The molecule has 0 N–H and O–H groups in total. The lowest BCUT2D eigenvalue weighted by atomic mass is 10.2. The number of ether oxygens (including phenoxy) is 2. The second kappa shape index (κ2) is 5.38. The van der Waals surface area contributed by atoms with Gasteiger partial charge in [0, 0.05) is 11.1 Å². The highest BCUT2D eigenvalue weighted by molar-refractivity contribution is 5.78. The number of carbonyl (C=O) groups excluding carboxylic acids is 2. The molecule has 5 nitrogen and oxygen atoms in total. The van der Waals surface area contributed by atoms with E-state index >= 15 is 0 Å². The topological polar surface area (TPSA) is 55.8 Å². The lowest BCUT2D eigenvalue weighted by Crippen LogP contribution is -2.39. The van der Waals surface area contributed by atoms with Crippen LogP contribution in [0.5, 0.6) is 0 Å². The van der Waals surface area contributed by atoms with Crippen molar-refractivity contribution in [3.63, 3.8) is 0 Å². The number of esters is 1. The lowest BCUT2D eigenvalue weighted by Gasteiger charge is -2.25. The second-order valence-electron chi connectivity index (χ2n) is 5.65. The van der Waals surface area contributed by atoms with Crippen LogP contribution >= 0.6 is 0 Å². The van der Waals surface area contributed by atoms with Crippen molar-refractivity contribution < 1.29 is 23.2 Å². The Bertz CT molecular complexity index is 366. The molecule has 0 aromatic carbocycles. The zero-order valence-electron chi connectivity index (χ0n) is 14.3. The molecule has 0 spiro atoms. The number of amides is 1. The molecule has 0 aromatic rings. The van der Waals surface area contributed by atoms with E-state index in [4.69, 9.17) is 13.6 Å². The predicted octanol–water partition coefficient (Wildman–Crippen LogP) is 2.20. The van der Waals surface area contributed by atoms with Crippen LogP contribution in [0.4, 0.5) is 4.79 Å². The molecule has 0 rings (SSSR count). The number of nitrogens with zero attached hydrogens (tertiary/aromatic N) is 1. The molecule has 0 atom stereocenters. The molecule has 0 fully saturated rings. The van der Waals surface area contributed by atoms with Gasteiger partial charge in [0.15, 0.2) is 0 Å². The third-order valence-corrected chi connectivity index (χ3v) is 1.32. The molecule has 0 bridgehead atoms. The van der Waals surface area contributed by atoms with Crippen molar-refractivity contribution in [2.24, 2.45) is 0 Å². The van der Waals surface area contributed by atoms with Crippen molar-refractivity contribution in [2.75, 3.05) is 13.5 Å². The molecular weight excluding hydrogens is 222 g/mol. The average molecular weight is 248 g/mol. The molecule has 5 heteroatoms. The Morgan fingerprint density at radius 3 is 1.88 bits per heavy atom. The van der Waals surface area contributed by atoms with Crippen molar-refractivity contribution in [3.05, 3.63) is 0 Å². The SMILES string of the molecule is [2H]C([2H])([2H])N(CC(=O)OC(C)(C)C)C(=O)OC(C)(C)C. The van der Waals surface area contributed by atoms with Crippen molar-refractivity contribution in [2.45, 2.75) is 52.7 Å². The molecule has 0 heterocycles. The molecule has 0 saturated carbocycles. The van der Waals surface area contributed by atoms with Gasteiger partial charge >= 0.3 is 12.1 Å². The van der Waals surface area contributed by atoms with Crippen LogP contribution in [0.3, 0.4) is 0 Å². The number of rotatable bonds is 2. The Balaban J connectivity index is 4.93. The highest BCUT2D eigenvalue weighted by atomic mass is 16.6. The maximum Gasteiger partial charge on any atom is 0.410 e. The third kappa shape index (κ3) is 8.54. The molecule has 100 valence electrons. The van der Waals surface area contributed by atoms with Gasteiger partial charge in [-0.05, 0) is 41.5 Å². The molecule has 0 aromatic heterocycles. The summed E-state index contributed by atoms with van der Waals surface area (Å²) in [7, 11) is 0. The minimum absolute atomic E-state index is 0.381. The van der Waals surface area contributed by atoms with Crippen LogP contribution in [-0.2, 0) is 14.3 Å². The van der Waals surface area contributed by atoms with Gasteiger partial charge in [-0.3, -0.25) is 4.79 Å². The van der Waals surface area contributed by atoms with Gasteiger partial charge in [-0.15, -0.1) is 0 Å². The quantitative estimate of drug-likeness (QED) is 0.703. The third-order valence-electron chi connectivity index (χ3n) is 1.32. The van der Waals surface area contributed by atoms with Crippen LogP contribution in [-0.4, -0.2) is 41.7 Å². The summed E-state index contributed by atoms with van der Waals surface area (Å²) >= 11 is 0. The standard InChI is InChI=1S/C12H23NO4/c1-11(2,3)16-9(14)8-13(7)10(15)17-12(4,5)6/h8H2,1-7H3/i7D3. The summed E-state index contributed by atoms with van der Waals surface area (Å²) in [5.74, 6) is -0.806. The molecule has 0 unspecified atom stereocenters. The second-order valence-corrected chi connectivity index (χ2v) is 5.65. The first-order chi connectivity index (χ1) is 8.62. The van der Waals surface area contributed by atoms with E-state index in [9.17, 15) is 9.59 Å². The van der Waals surface area contributed by atoms with Crippen molar-refractivity contribution in [1.82, 2.24) is 4.90 Å². The minimum Gasteiger partial charge on any atom is -0.459 e. The first kappa shape index (κ1) is 10.9. The molecular formula is C12H23NO4. The average Bonchev–Trinajstić information content (AvgIpc) is 2.05. The fourth-order valence-electron chi connectivity index (χ4n) is 0.884. The van der Waals surface area contributed by atoms with E-state index in [1.165, 1.54) is 0 Å².